The monoisotopic (exact) mass is 309 g/mol. The summed E-state index contributed by atoms with van der Waals surface area (Å²) in [7, 11) is 0. The average Bonchev–Trinajstić information content (AvgIpc) is 3.00. The molecule has 0 amide bonds. The van der Waals surface area contributed by atoms with Gasteiger partial charge in [-0.05, 0) is 49.1 Å². The quantitative estimate of drug-likeness (QED) is 0.924. The predicted molar refractivity (Wildman–Crippen MR) is 85.9 cm³/mol. The SMILES string of the molecule is CC1CCC(CNc2nc(Cl)nc(N3CCCC3)n2)CC1. The third-order valence-electron chi connectivity index (χ3n) is 4.67. The van der Waals surface area contributed by atoms with Gasteiger partial charge in [-0.1, -0.05) is 19.8 Å². The molecule has 0 spiro atoms. The topological polar surface area (TPSA) is 53.9 Å². The molecule has 1 aliphatic heterocycles. The number of hydrogen-bond donors (Lipinski definition) is 1. The summed E-state index contributed by atoms with van der Waals surface area (Å²) in [5.41, 5.74) is 0. The molecule has 3 rings (SSSR count). The molecule has 0 atom stereocenters. The van der Waals surface area contributed by atoms with Crippen LogP contribution < -0.4 is 10.2 Å². The van der Waals surface area contributed by atoms with Crippen molar-refractivity contribution in [1.82, 2.24) is 15.0 Å². The maximum Gasteiger partial charge on any atom is 0.231 e. The summed E-state index contributed by atoms with van der Waals surface area (Å²) in [5, 5.41) is 3.64. The lowest BCUT2D eigenvalue weighted by Crippen LogP contribution is -2.23. The second kappa shape index (κ2) is 6.77. The molecule has 6 heteroatoms. The fourth-order valence-corrected chi connectivity index (χ4v) is 3.40. The van der Waals surface area contributed by atoms with Crippen LogP contribution in [0.3, 0.4) is 0 Å². The molecule has 2 fully saturated rings. The van der Waals surface area contributed by atoms with Crippen LogP contribution in [0.25, 0.3) is 0 Å². The van der Waals surface area contributed by atoms with Crippen molar-refractivity contribution in [2.45, 2.75) is 45.4 Å². The standard InChI is InChI=1S/C15H24ClN5/c1-11-4-6-12(7-5-11)10-17-14-18-13(16)19-15(20-14)21-8-2-3-9-21/h11-12H,2-10H2,1H3,(H,17,18,19,20). The summed E-state index contributed by atoms with van der Waals surface area (Å²) < 4.78 is 0. The van der Waals surface area contributed by atoms with E-state index in [4.69, 9.17) is 11.6 Å². The molecule has 1 aromatic rings. The van der Waals surface area contributed by atoms with Crippen LogP contribution >= 0.6 is 11.6 Å². The maximum absolute atomic E-state index is 6.04. The van der Waals surface area contributed by atoms with E-state index >= 15 is 0 Å². The van der Waals surface area contributed by atoms with Gasteiger partial charge in [0.1, 0.15) is 0 Å². The lowest BCUT2D eigenvalue weighted by Gasteiger charge is -2.26. The van der Waals surface area contributed by atoms with Crippen molar-refractivity contribution in [3.63, 3.8) is 0 Å². The second-order valence-corrected chi connectivity index (χ2v) is 6.77. The Bertz CT molecular complexity index is 467. The minimum Gasteiger partial charge on any atom is -0.354 e. The van der Waals surface area contributed by atoms with Gasteiger partial charge in [-0.3, -0.25) is 0 Å². The number of nitrogens with zero attached hydrogens (tertiary/aromatic N) is 4. The van der Waals surface area contributed by atoms with E-state index in [1.807, 2.05) is 0 Å². The number of aromatic nitrogens is 3. The molecule has 2 heterocycles. The summed E-state index contributed by atoms with van der Waals surface area (Å²) in [6.45, 7) is 5.31. The molecular weight excluding hydrogens is 286 g/mol. The molecular formula is C15H24ClN5. The summed E-state index contributed by atoms with van der Waals surface area (Å²) in [6, 6.07) is 0. The summed E-state index contributed by atoms with van der Waals surface area (Å²) in [6.07, 6.45) is 7.67. The zero-order valence-corrected chi connectivity index (χ0v) is 13.4. The second-order valence-electron chi connectivity index (χ2n) is 6.43. The molecule has 5 nitrogen and oxygen atoms in total. The van der Waals surface area contributed by atoms with Gasteiger partial charge in [0.25, 0.3) is 0 Å². The van der Waals surface area contributed by atoms with Crippen LogP contribution in [0.4, 0.5) is 11.9 Å². The molecule has 21 heavy (non-hydrogen) atoms. The Morgan fingerprint density at radius 2 is 1.81 bits per heavy atom. The van der Waals surface area contributed by atoms with Gasteiger partial charge in [0.15, 0.2) is 0 Å². The maximum atomic E-state index is 6.04. The number of nitrogens with one attached hydrogen (secondary N) is 1. The van der Waals surface area contributed by atoms with E-state index in [0.717, 1.165) is 31.5 Å². The van der Waals surface area contributed by atoms with Crippen LogP contribution in [0.5, 0.6) is 0 Å². The summed E-state index contributed by atoms with van der Waals surface area (Å²) in [5.74, 6) is 2.95. The molecule has 0 aromatic carbocycles. The van der Waals surface area contributed by atoms with Gasteiger partial charge >= 0.3 is 0 Å². The Morgan fingerprint density at radius 1 is 1.10 bits per heavy atom. The van der Waals surface area contributed by atoms with E-state index in [-0.39, 0.29) is 5.28 Å². The van der Waals surface area contributed by atoms with Crippen molar-refractivity contribution < 1.29 is 0 Å². The van der Waals surface area contributed by atoms with Crippen LogP contribution in [0, 0.1) is 11.8 Å². The van der Waals surface area contributed by atoms with Crippen molar-refractivity contribution in [2.75, 3.05) is 29.9 Å². The van der Waals surface area contributed by atoms with Gasteiger partial charge in [-0.15, -0.1) is 0 Å². The highest BCUT2D eigenvalue weighted by molar-refractivity contribution is 6.28. The van der Waals surface area contributed by atoms with Crippen LogP contribution in [-0.4, -0.2) is 34.6 Å². The van der Waals surface area contributed by atoms with Gasteiger partial charge in [-0.2, -0.15) is 15.0 Å². The molecule has 1 saturated carbocycles. The van der Waals surface area contributed by atoms with E-state index in [9.17, 15) is 0 Å². The molecule has 0 unspecified atom stereocenters. The Labute approximate surface area is 131 Å². The highest BCUT2D eigenvalue weighted by Gasteiger charge is 2.20. The molecule has 0 bridgehead atoms. The highest BCUT2D eigenvalue weighted by Crippen LogP contribution is 2.28. The third-order valence-corrected chi connectivity index (χ3v) is 4.84. The van der Waals surface area contributed by atoms with E-state index < -0.39 is 0 Å². The van der Waals surface area contributed by atoms with Gasteiger partial charge < -0.3 is 10.2 Å². The van der Waals surface area contributed by atoms with E-state index in [1.54, 1.807) is 0 Å². The van der Waals surface area contributed by atoms with Crippen molar-refractivity contribution in [3.05, 3.63) is 5.28 Å². The van der Waals surface area contributed by atoms with Crippen molar-refractivity contribution in [2.24, 2.45) is 11.8 Å². The zero-order chi connectivity index (χ0) is 14.7. The van der Waals surface area contributed by atoms with Gasteiger partial charge in [0, 0.05) is 19.6 Å². The molecule has 1 saturated heterocycles. The summed E-state index contributed by atoms with van der Waals surface area (Å²) >= 11 is 6.04. The van der Waals surface area contributed by atoms with Gasteiger partial charge in [0.05, 0.1) is 0 Å². The first kappa shape index (κ1) is 14.8. The lowest BCUT2D eigenvalue weighted by molar-refractivity contribution is 0.300. The molecule has 1 aliphatic carbocycles. The molecule has 0 radical (unpaired) electrons. The zero-order valence-electron chi connectivity index (χ0n) is 12.7. The van der Waals surface area contributed by atoms with Crippen LogP contribution in [0.1, 0.15) is 45.4 Å². The lowest BCUT2D eigenvalue weighted by atomic mass is 9.83. The number of hydrogen-bond acceptors (Lipinski definition) is 5. The average molecular weight is 310 g/mol. The molecule has 1 N–H and O–H groups in total. The normalized spacial score (nSPS) is 26.1. The van der Waals surface area contributed by atoms with E-state index in [1.165, 1.54) is 38.5 Å². The Balaban J connectivity index is 1.59. The first-order chi connectivity index (χ1) is 10.2. The number of rotatable bonds is 4. The fourth-order valence-electron chi connectivity index (χ4n) is 3.25. The van der Waals surface area contributed by atoms with E-state index in [2.05, 4.69) is 32.1 Å². The number of anilines is 2. The van der Waals surface area contributed by atoms with Crippen LogP contribution in [0.2, 0.25) is 5.28 Å². The number of halogens is 1. The molecule has 116 valence electrons. The Hall–Kier alpha value is -1.10. The largest absolute Gasteiger partial charge is 0.354 e. The van der Waals surface area contributed by atoms with Crippen LogP contribution in [0.15, 0.2) is 0 Å². The fraction of sp³-hybridized carbons (Fsp3) is 0.800. The molecule has 1 aromatic heterocycles. The van der Waals surface area contributed by atoms with Gasteiger partial charge in [0.2, 0.25) is 17.2 Å². The Kier molecular flexibility index (Phi) is 4.78. The van der Waals surface area contributed by atoms with Crippen molar-refractivity contribution in [3.8, 4) is 0 Å². The highest BCUT2D eigenvalue weighted by atomic mass is 35.5. The van der Waals surface area contributed by atoms with Crippen molar-refractivity contribution >= 4 is 23.5 Å². The van der Waals surface area contributed by atoms with E-state index in [0.29, 0.717) is 11.9 Å². The summed E-state index contributed by atoms with van der Waals surface area (Å²) in [4.78, 5) is 15.2. The smallest absolute Gasteiger partial charge is 0.231 e. The first-order valence-corrected chi connectivity index (χ1v) is 8.49. The van der Waals surface area contributed by atoms with Crippen molar-refractivity contribution in [1.29, 1.82) is 0 Å². The molecule has 2 aliphatic rings. The predicted octanol–water partition coefficient (Wildman–Crippen LogP) is 3.36. The minimum atomic E-state index is 0.284. The minimum absolute atomic E-state index is 0.284. The first-order valence-electron chi connectivity index (χ1n) is 8.11. The van der Waals surface area contributed by atoms with Gasteiger partial charge in [-0.25, -0.2) is 0 Å². The Morgan fingerprint density at radius 3 is 2.52 bits per heavy atom. The third kappa shape index (κ3) is 3.96. The van der Waals surface area contributed by atoms with Crippen LogP contribution in [-0.2, 0) is 0 Å².